The van der Waals surface area contributed by atoms with Gasteiger partial charge < -0.3 is 4.74 Å². The van der Waals surface area contributed by atoms with Crippen molar-refractivity contribution < 1.29 is 4.74 Å². The van der Waals surface area contributed by atoms with Crippen LogP contribution in [0.3, 0.4) is 0 Å². The van der Waals surface area contributed by atoms with Gasteiger partial charge in [-0.2, -0.15) is 0 Å². The molecular formula is C12H17O. The van der Waals surface area contributed by atoms with Crippen LogP contribution in [0.2, 0.25) is 0 Å². The maximum atomic E-state index is 5.18. The number of rotatable bonds is 3. The SMILES string of the molecule is COc1ccc(C)c(C[C](C)C)c1. The van der Waals surface area contributed by atoms with Crippen molar-refractivity contribution in [3.8, 4) is 5.75 Å². The normalized spacial score (nSPS) is 10.5. The molecule has 0 aliphatic heterocycles. The van der Waals surface area contributed by atoms with Crippen LogP contribution in [0.1, 0.15) is 25.0 Å². The van der Waals surface area contributed by atoms with Crippen LogP contribution in [0.5, 0.6) is 5.75 Å². The first-order valence-corrected chi connectivity index (χ1v) is 4.56. The van der Waals surface area contributed by atoms with Crippen LogP contribution >= 0.6 is 0 Å². The van der Waals surface area contributed by atoms with E-state index in [-0.39, 0.29) is 0 Å². The van der Waals surface area contributed by atoms with Crippen LogP contribution in [0.25, 0.3) is 0 Å². The zero-order valence-electron chi connectivity index (χ0n) is 8.85. The highest BCUT2D eigenvalue weighted by molar-refractivity contribution is 5.36. The van der Waals surface area contributed by atoms with Crippen LogP contribution < -0.4 is 4.74 Å². The van der Waals surface area contributed by atoms with E-state index >= 15 is 0 Å². The van der Waals surface area contributed by atoms with Gasteiger partial charge in [0.2, 0.25) is 0 Å². The minimum atomic E-state index is 0.946. The van der Waals surface area contributed by atoms with Crippen LogP contribution in [0.15, 0.2) is 18.2 Å². The molecule has 0 spiro atoms. The molecule has 1 rings (SSSR count). The molecule has 1 aromatic rings. The Morgan fingerprint density at radius 2 is 2.00 bits per heavy atom. The Morgan fingerprint density at radius 3 is 2.54 bits per heavy atom. The summed E-state index contributed by atoms with van der Waals surface area (Å²) in [5.41, 5.74) is 2.70. The van der Waals surface area contributed by atoms with E-state index in [0.29, 0.717) is 0 Å². The summed E-state index contributed by atoms with van der Waals surface area (Å²) in [5, 5.41) is 0. The van der Waals surface area contributed by atoms with E-state index < -0.39 is 0 Å². The van der Waals surface area contributed by atoms with Gasteiger partial charge in [-0.05, 0) is 42.5 Å². The van der Waals surface area contributed by atoms with Gasteiger partial charge in [0.05, 0.1) is 7.11 Å². The molecule has 1 radical (unpaired) electrons. The van der Waals surface area contributed by atoms with Crippen molar-refractivity contribution in [3.05, 3.63) is 35.2 Å². The number of ether oxygens (including phenoxy) is 1. The minimum absolute atomic E-state index is 0.946. The highest BCUT2D eigenvalue weighted by atomic mass is 16.5. The van der Waals surface area contributed by atoms with Crippen molar-refractivity contribution in [2.75, 3.05) is 7.11 Å². The molecule has 0 aliphatic rings. The Bertz CT molecular complexity index is 276. The average Bonchev–Trinajstić information content (AvgIpc) is 2.08. The lowest BCUT2D eigenvalue weighted by molar-refractivity contribution is 0.414. The molecule has 0 saturated carbocycles. The molecule has 0 saturated heterocycles. The van der Waals surface area contributed by atoms with Crippen molar-refractivity contribution in [3.63, 3.8) is 0 Å². The van der Waals surface area contributed by atoms with E-state index in [9.17, 15) is 0 Å². The smallest absolute Gasteiger partial charge is 0.119 e. The highest BCUT2D eigenvalue weighted by Crippen LogP contribution is 2.20. The molecule has 13 heavy (non-hydrogen) atoms. The van der Waals surface area contributed by atoms with Gasteiger partial charge in [-0.25, -0.2) is 0 Å². The number of hydrogen-bond acceptors (Lipinski definition) is 1. The number of methoxy groups -OCH3 is 1. The topological polar surface area (TPSA) is 9.23 Å². The van der Waals surface area contributed by atoms with Gasteiger partial charge in [0.1, 0.15) is 5.75 Å². The van der Waals surface area contributed by atoms with Crippen molar-refractivity contribution in [2.24, 2.45) is 0 Å². The molecule has 0 unspecified atom stereocenters. The highest BCUT2D eigenvalue weighted by Gasteiger charge is 2.03. The summed E-state index contributed by atoms with van der Waals surface area (Å²) in [5.74, 6) is 2.37. The summed E-state index contributed by atoms with van der Waals surface area (Å²) in [7, 11) is 1.71. The van der Waals surface area contributed by atoms with E-state index in [0.717, 1.165) is 12.2 Å². The lowest BCUT2D eigenvalue weighted by atomic mass is 9.98. The predicted octanol–water partition coefficient (Wildman–Crippen LogP) is 3.16. The Kier molecular flexibility index (Phi) is 3.35. The maximum Gasteiger partial charge on any atom is 0.119 e. The van der Waals surface area contributed by atoms with E-state index in [2.05, 4.69) is 32.9 Å². The molecule has 0 fully saturated rings. The monoisotopic (exact) mass is 177 g/mol. The molecule has 0 heterocycles. The van der Waals surface area contributed by atoms with Gasteiger partial charge in [-0.3, -0.25) is 0 Å². The first-order chi connectivity index (χ1) is 6.13. The largest absolute Gasteiger partial charge is 0.497 e. The fourth-order valence-corrected chi connectivity index (χ4v) is 1.35. The lowest BCUT2D eigenvalue weighted by Crippen LogP contribution is -1.96. The lowest BCUT2D eigenvalue weighted by Gasteiger charge is -2.09. The van der Waals surface area contributed by atoms with Crippen LogP contribution in [-0.4, -0.2) is 7.11 Å². The molecule has 0 aromatic heterocycles. The fourth-order valence-electron chi connectivity index (χ4n) is 1.35. The van der Waals surface area contributed by atoms with Gasteiger partial charge in [-0.15, -0.1) is 0 Å². The van der Waals surface area contributed by atoms with Gasteiger partial charge in [0, 0.05) is 0 Å². The first kappa shape index (κ1) is 10.1. The molecule has 0 bridgehead atoms. The molecule has 1 aromatic carbocycles. The van der Waals surface area contributed by atoms with Gasteiger partial charge in [0.15, 0.2) is 0 Å². The summed E-state index contributed by atoms with van der Waals surface area (Å²) < 4.78 is 5.18. The second-order valence-electron chi connectivity index (χ2n) is 3.68. The summed E-state index contributed by atoms with van der Waals surface area (Å²) in [6.45, 7) is 6.44. The van der Waals surface area contributed by atoms with Gasteiger partial charge in [0.25, 0.3) is 0 Å². The Morgan fingerprint density at radius 1 is 1.31 bits per heavy atom. The number of aryl methyl sites for hydroxylation is 1. The van der Waals surface area contributed by atoms with Crippen LogP contribution in [0.4, 0.5) is 0 Å². The van der Waals surface area contributed by atoms with E-state index in [1.54, 1.807) is 7.11 Å². The van der Waals surface area contributed by atoms with Gasteiger partial charge >= 0.3 is 0 Å². The third-order valence-corrected chi connectivity index (χ3v) is 2.10. The van der Waals surface area contributed by atoms with Gasteiger partial charge in [-0.1, -0.05) is 19.9 Å². The quantitative estimate of drug-likeness (QED) is 0.689. The number of benzene rings is 1. The van der Waals surface area contributed by atoms with Crippen molar-refractivity contribution in [1.82, 2.24) is 0 Å². The van der Waals surface area contributed by atoms with E-state index in [4.69, 9.17) is 4.74 Å². The second-order valence-corrected chi connectivity index (χ2v) is 3.68. The summed E-state index contributed by atoms with van der Waals surface area (Å²) in [6.07, 6.45) is 1.04. The Balaban J connectivity index is 2.90. The summed E-state index contributed by atoms with van der Waals surface area (Å²) >= 11 is 0. The van der Waals surface area contributed by atoms with Crippen LogP contribution in [0, 0.1) is 12.8 Å². The number of hydrogen-bond donors (Lipinski definition) is 0. The van der Waals surface area contributed by atoms with E-state index in [1.165, 1.54) is 17.0 Å². The zero-order valence-corrected chi connectivity index (χ0v) is 8.85. The molecule has 1 nitrogen and oxygen atoms in total. The van der Waals surface area contributed by atoms with Crippen molar-refractivity contribution in [2.45, 2.75) is 27.2 Å². The predicted molar refractivity (Wildman–Crippen MR) is 56.0 cm³/mol. The van der Waals surface area contributed by atoms with Crippen molar-refractivity contribution >= 4 is 0 Å². The summed E-state index contributed by atoms with van der Waals surface area (Å²) in [4.78, 5) is 0. The third kappa shape index (κ3) is 2.76. The molecular weight excluding hydrogens is 160 g/mol. The minimum Gasteiger partial charge on any atom is -0.497 e. The standard InChI is InChI=1S/C12H17O/c1-9(2)7-11-8-12(13-4)6-5-10(11)3/h5-6,8H,7H2,1-4H3. The first-order valence-electron chi connectivity index (χ1n) is 4.56. The molecule has 0 N–H and O–H groups in total. The average molecular weight is 177 g/mol. The second kappa shape index (κ2) is 4.31. The third-order valence-electron chi connectivity index (χ3n) is 2.10. The molecule has 71 valence electrons. The van der Waals surface area contributed by atoms with Crippen LogP contribution in [-0.2, 0) is 6.42 Å². The fraction of sp³-hybridized carbons (Fsp3) is 0.417. The molecule has 0 aliphatic carbocycles. The zero-order chi connectivity index (χ0) is 9.84. The maximum absolute atomic E-state index is 5.18. The molecule has 0 atom stereocenters. The molecule has 1 heteroatoms. The molecule has 0 amide bonds. The van der Waals surface area contributed by atoms with E-state index in [1.807, 2.05) is 6.07 Å². The Hall–Kier alpha value is -0.980. The Labute approximate surface area is 80.7 Å². The summed E-state index contributed by atoms with van der Waals surface area (Å²) in [6, 6.07) is 6.23. The van der Waals surface area contributed by atoms with Crippen molar-refractivity contribution in [1.29, 1.82) is 0 Å².